The van der Waals surface area contributed by atoms with E-state index >= 15 is 8.78 Å². The van der Waals surface area contributed by atoms with Crippen molar-refractivity contribution in [1.29, 1.82) is 0 Å². The zero-order chi connectivity index (χ0) is 28.5. The van der Waals surface area contributed by atoms with Crippen LogP contribution in [0.4, 0.5) is 8.78 Å². The Kier molecular flexibility index (Phi) is 4.84. The number of aromatic amines is 2. The summed E-state index contributed by atoms with van der Waals surface area (Å²) in [4.78, 5) is 12.0. The SMILES string of the molecule is FC1(F)c2cc(-c3ccc4nc([C@H]5N[C@@H]6CC[C@H]5C6)[nH]c4c3)ccc2-c2ccc(-c3ccc([C@H]4CCC5(CC5)C4)[nH]3)cc21. The Balaban J connectivity index is 0.956. The van der Waals surface area contributed by atoms with Crippen molar-refractivity contribution < 1.29 is 8.78 Å². The van der Waals surface area contributed by atoms with E-state index in [-0.39, 0.29) is 17.2 Å². The lowest BCUT2D eigenvalue weighted by Gasteiger charge is -2.20. The molecule has 3 N–H and O–H groups in total. The van der Waals surface area contributed by atoms with Gasteiger partial charge in [0.2, 0.25) is 0 Å². The summed E-state index contributed by atoms with van der Waals surface area (Å²) in [6.07, 6.45) is 10.3. The van der Waals surface area contributed by atoms with Gasteiger partial charge in [-0.1, -0.05) is 30.3 Å². The quantitative estimate of drug-likeness (QED) is 0.201. The van der Waals surface area contributed by atoms with E-state index in [2.05, 4.69) is 33.5 Å². The third-order valence-corrected chi connectivity index (χ3v) is 11.6. The molecule has 4 aliphatic carbocycles. The first kappa shape index (κ1) is 24.6. The number of nitrogens with zero attached hydrogens (tertiary/aromatic N) is 1. The molecular formula is C37H34F2N4. The summed E-state index contributed by atoms with van der Waals surface area (Å²) in [5.74, 6) is -0.853. The number of nitrogens with one attached hydrogen (secondary N) is 3. The van der Waals surface area contributed by atoms with Gasteiger partial charge in [-0.3, -0.25) is 0 Å². The fourth-order valence-corrected chi connectivity index (χ4v) is 9.01. The predicted octanol–water partition coefficient (Wildman–Crippen LogP) is 9.21. The van der Waals surface area contributed by atoms with Crippen LogP contribution in [0.1, 0.15) is 86.0 Å². The number of aromatic nitrogens is 3. The molecule has 0 unspecified atom stereocenters. The van der Waals surface area contributed by atoms with Crippen molar-refractivity contribution in [2.45, 2.75) is 75.3 Å². The highest BCUT2D eigenvalue weighted by Gasteiger charge is 2.49. The van der Waals surface area contributed by atoms with E-state index < -0.39 is 5.92 Å². The summed E-state index contributed by atoms with van der Waals surface area (Å²) in [6, 6.07) is 22.3. The van der Waals surface area contributed by atoms with Crippen LogP contribution in [-0.2, 0) is 5.92 Å². The van der Waals surface area contributed by atoms with Gasteiger partial charge in [0.1, 0.15) is 5.82 Å². The Bertz CT molecular complexity index is 1950. The number of imidazole rings is 1. The van der Waals surface area contributed by atoms with Crippen molar-refractivity contribution in [1.82, 2.24) is 20.3 Å². The molecule has 43 heavy (non-hydrogen) atoms. The molecule has 10 rings (SSSR count). The number of alkyl halides is 2. The highest BCUT2D eigenvalue weighted by atomic mass is 19.3. The molecule has 1 spiro atoms. The van der Waals surface area contributed by atoms with Gasteiger partial charge in [-0.2, -0.15) is 8.78 Å². The van der Waals surface area contributed by atoms with Crippen LogP contribution in [0, 0.1) is 11.3 Å². The van der Waals surface area contributed by atoms with E-state index in [0.717, 1.165) is 39.2 Å². The van der Waals surface area contributed by atoms with Crippen LogP contribution >= 0.6 is 0 Å². The fourth-order valence-electron chi connectivity index (χ4n) is 9.01. The van der Waals surface area contributed by atoms with Gasteiger partial charge in [0.15, 0.2) is 0 Å². The van der Waals surface area contributed by atoms with Crippen LogP contribution < -0.4 is 5.32 Å². The Morgan fingerprint density at radius 1 is 0.744 bits per heavy atom. The molecule has 0 radical (unpaired) electrons. The molecule has 4 nitrogen and oxygen atoms in total. The molecule has 5 aliphatic rings. The van der Waals surface area contributed by atoms with E-state index in [4.69, 9.17) is 4.98 Å². The van der Waals surface area contributed by atoms with Gasteiger partial charge >= 0.3 is 0 Å². The van der Waals surface area contributed by atoms with Gasteiger partial charge in [0.25, 0.3) is 5.92 Å². The Morgan fingerprint density at radius 2 is 1.51 bits per heavy atom. The molecule has 2 aromatic heterocycles. The molecule has 1 aliphatic heterocycles. The van der Waals surface area contributed by atoms with Crippen LogP contribution in [0.5, 0.6) is 0 Å². The molecule has 3 heterocycles. The average Bonchev–Trinajstić information content (AvgIpc) is 3.68. The second kappa shape index (κ2) is 8.44. The first-order valence-electron chi connectivity index (χ1n) is 16.1. The minimum absolute atomic E-state index is 0.0848. The average molecular weight is 573 g/mol. The molecule has 3 saturated carbocycles. The zero-order valence-electron chi connectivity index (χ0n) is 24.0. The van der Waals surface area contributed by atoms with Gasteiger partial charge in [0, 0.05) is 28.6 Å². The third-order valence-electron chi connectivity index (χ3n) is 11.6. The molecule has 4 atom stereocenters. The standard InChI is InChI=1S/C37H34F2N4/c38-37(39)28-16-20(21-4-8-32-33(18-21)43-35(42-32)34-23-1-5-25(15-23)40-34)2-6-26(28)27-7-3-22(17-29(27)37)30-9-10-31(41-30)24-11-12-36(19-24)13-14-36/h2-4,6-10,16-18,23-25,34,40-41H,1,5,11-15,19H2,(H,42,43)/t23-,24-,25+,34-/m0/s1. The second-order valence-electron chi connectivity index (χ2n) is 14.1. The number of rotatable bonds is 4. The number of piperidine rings is 1. The largest absolute Gasteiger partial charge is 0.358 e. The van der Waals surface area contributed by atoms with Gasteiger partial charge in [-0.05, 0) is 133 Å². The maximum absolute atomic E-state index is 16.1. The fraction of sp³-hybridized carbons (Fsp3) is 0.378. The number of fused-ring (bicyclic) bond motifs is 6. The minimum atomic E-state index is -3.06. The summed E-state index contributed by atoms with van der Waals surface area (Å²) in [7, 11) is 0. The maximum atomic E-state index is 16.1. The van der Waals surface area contributed by atoms with Gasteiger partial charge in [-0.25, -0.2) is 4.98 Å². The monoisotopic (exact) mass is 572 g/mol. The van der Waals surface area contributed by atoms with Gasteiger partial charge in [-0.15, -0.1) is 0 Å². The van der Waals surface area contributed by atoms with Crippen molar-refractivity contribution in [3.63, 3.8) is 0 Å². The maximum Gasteiger partial charge on any atom is 0.299 e. The molecule has 2 bridgehead atoms. The lowest BCUT2D eigenvalue weighted by molar-refractivity contribution is 0.0481. The van der Waals surface area contributed by atoms with E-state index in [1.165, 1.54) is 57.1 Å². The van der Waals surface area contributed by atoms with Crippen molar-refractivity contribution in [2.24, 2.45) is 11.3 Å². The molecule has 0 amide bonds. The first-order chi connectivity index (χ1) is 20.9. The van der Waals surface area contributed by atoms with E-state index in [9.17, 15) is 0 Å². The molecule has 5 aromatic rings. The Morgan fingerprint density at radius 3 is 2.26 bits per heavy atom. The lowest BCUT2D eigenvalue weighted by Crippen LogP contribution is -2.29. The minimum Gasteiger partial charge on any atom is -0.358 e. The molecule has 6 heteroatoms. The Labute approximate surface area is 249 Å². The smallest absolute Gasteiger partial charge is 0.299 e. The number of hydrogen-bond acceptors (Lipinski definition) is 2. The van der Waals surface area contributed by atoms with Crippen molar-refractivity contribution >= 4 is 11.0 Å². The van der Waals surface area contributed by atoms with E-state index in [1.807, 2.05) is 36.4 Å². The molecule has 216 valence electrons. The highest BCUT2D eigenvalue weighted by Crippen LogP contribution is 2.61. The van der Waals surface area contributed by atoms with Crippen molar-refractivity contribution in [3.05, 3.63) is 89.4 Å². The van der Waals surface area contributed by atoms with Crippen LogP contribution in [0.3, 0.4) is 0 Å². The zero-order valence-corrected chi connectivity index (χ0v) is 24.0. The summed E-state index contributed by atoms with van der Waals surface area (Å²) < 4.78 is 32.3. The molecular weight excluding hydrogens is 538 g/mol. The van der Waals surface area contributed by atoms with Crippen LogP contribution in [0.15, 0.2) is 66.7 Å². The summed E-state index contributed by atoms with van der Waals surface area (Å²) in [5.41, 5.74) is 8.62. The number of H-pyrrole nitrogens is 2. The topological polar surface area (TPSA) is 56.5 Å². The van der Waals surface area contributed by atoms with Gasteiger partial charge < -0.3 is 15.3 Å². The molecule has 3 aromatic carbocycles. The number of halogens is 2. The van der Waals surface area contributed by atoms with E-state index in [1.54, 1.807) is 12.1 Å². The van der Waals surface area contributed by atoms with E-state index in [0.29, 0.717) is 34.4 Å². The summed E-state index contributed by atoms with van der Waals surface area (Å²) in [6.45, 7) is 0. The molecule has 4 fully saturated rings. The first-order valence-corrected chi connectivity index (χ1v) is 16.1. The number of hydrogen-bond donors (Lipinski definition) is 3. The highest BCUT2D eigenvalue weighted by molar-refractivity contribution is 5.87. The summed E-state index contributed by atoms with van der Waals surface area (Å²) >= 11 is 0. The Hall–Kier alpha value is -3.77. The van der Waals surface area contributed by atoms with Crippen LogP contribution in [0.25, 0.3) is 44.5 Å². The normalized spacial score (nSPS) is 27.3. The van der Waals surface area contributed by atoms with Crippen molar-refractivity contribution in [3.8, 4) is 33.5 Å². The second-order valence-corrected chi connectivity index (χ2v) is 14.1. The van der Waals surface area contributed by atoms with Crippen molar-refractivity contribution in [2.75, 3.05) is 0 Å². The molecule has 1 saturated heterocycles. The van der Waals surface area contributed by atoms with Gasteiger partial charge in [0.05, 0.1) is 17.1 Å². The predicted molar refractivity (Wildman–Crippen MR) is 165 cm³/mol. The number of benzene rings is 3. The third kappa shape index (κ3) is 3.65. The lowest BCUT2D eigenvalue weighted by atomic mass is 9.98. The van der Waals surface area contributed by atoms with Crippen LogP contribution in [-0.4, -0.2) is 21.0 Å². The summed E-state index contributed by atoms with van der Waals surface area (Å²) in [5, 5.41) is 3.71. The van der Waals surface area contributed by atoms with Crippen LogP contribution in [0.2, 0.25) is 0 Å².